The quantitative estimate of drug-likeness (QED) is 0.911. The summed E-state index contributed by atoms with van der Waals surface area (Å²) in [6, 6.07) is 7.70. The summed E-state index contributed by atoms with van der Waals surface area (Å²) in [5.74, 6) is -0.547. The first-order valence-corrected chi connectivity index (χ1v) is 6.52. The van der Waals surface area contributed by atoms with Gasteiger partial charge in [-0.05, 0) is 39.0 Å². The van der Waals surface area contributed by atoms with Crippen molar-refractivity contribution in [2.24, 2.45) is 0 Å². The van der Waals surface area contributed by atoms with Crippen molar-refractivity contribution < 1.29 is 9.18 Å². The Labute approximate surface area is 122 Å². The molecular formula is C15H17FN4O. The highest BCUT2D eigenvalue weighted by molar-refractivity contribution is 5.92. The van der Waals surface area contributed by atoms with Crippen molar-refractivity contribution in [2.75, 3.05) is 5.32 Å². The number of nitrogens with zero attached hydrogens (tertiary/aromatic N) is 2. The second-order valence-electron chi connectivity index (χ2n) is 5.57. The SMILES string of the molecule is CC(C)(C)NC(=O)c1ccnc(Nc2ccccc2F)n1. The molecule has 6 heteroatoms. The summed E-state index contributed by atoms with van der Waals surface area (Å²) >= 11 is 0. The molecule has 2 N–H and O–H groups in total. The van der Waals surface area contributed by atoms with Crippen LogP contribution in [-0.2, 0) is 0 Å². The van der Waals surface area contributed by atoms with Crippen LogP contribution in [0.5, 0.6) is 0 Å². The van der Waals surface area contributed by atoms with Crippen molar-refractivity contribution in [3.63, 3.8) is 0 Å². The number of hydrogen-bond donors (Lipinski definition) is 2. The van der Waals surface area contributed by atoms with Gasteiger partial charge in [-0.3, -0.25) is 4.79 Å². The molecule has 0 saturated heterocycles. The Morgan fingerprint density at radius 3 is 2.57 bits per heavy atom. The topological polar surface area (TPSA) is 66.9 Å². The Morgan fingerprint density at radius 1 is 1.19 bits per heavy atom. The van der Waals surface area contributed by atoms with Crippen LogP contribution in [0.25, 0.3) is 0 Å². The number of aromatic nitrogens is 2. The van der Waals surface area contributed by atoms with Crippen LogP contribution in [-0.4, -0.2) is 21.4 Å². The van der Waals surface area contributed by atoms with Gasteiger partial charge >= 0.3 is 0 Å². The van der Waals surface area contributed by atoms with Gasteiger partial charge in [0.05, 0.1) is 5.69 Å². The Morgan fingerprint density at radius 2 is 1.90 bits per heavy atom. The number of benzene rings is 1. The molecular weight excluding hydrogens is 271 g/mol. The van der Waals surface area contributed by atoms with Crippen molar-refractivity contribution >= 4 is 17.5 Å². The van der Waals surface area contributed by atoms with Gasteiger partial charge in [-0.15, -0.1) is 0 Å². The lowest BCUT2D eigenvalue weighted by Gasteiger charge is -2.20. The number of anilines is 2. The van der Waals surface area contributed by atoms with Crippen molar-refractivity contribution in [1.29, 1.82) is 0 Å². The molecule has 0 spiro atoms. The minimum absolute atomic E-state index is 0.168. The molecule has 0 bridgehead atoms. The fourth-order valence-electron chi connectivity index (χ4n) is 1.63. The Kier molecular flexibility index (Phi) is 4.16. The molecule has 110 valence electrons. The number of halogens is 1. The Hall–Kier alpha value is -2.50. The number of hydrogen-bond acceptors (Lipinski definition) is 4. The lowest BCUT2D eigenvalue weighted by atomic mass is 10.1. The van der Waals surface area contributed by atoms with Gasteiger partial charge in [-0.2, -0.15) is 0 Å². The lowest BCUT2D eigenvalue weighted by molar-refractivity contribution is 0.0914. The van der Waals surface area contributed by atoms with Crippen molar-refractivity contribution in [2.45, 2.75) is 26.3 Å². The van der Waals surface area contributed by atoms with Gasteiger partial charge in [0.2, 0.25) is 5.95 Å². The van der Waals surface area contributed by atoms with Crippen LogP contribution < -0.4 is 10.6 Å². The van der Waals surface area contributed by atoms with Crippen LogP contribution in [0.15, 0.2) is 36.5 Å². The standard InChI is InChI=1S/C15H17FN4O/c1-15(2,3)20-13(21)12-8-9-17-14(19-12)18-11-7-5-4-6-10(11)16/h4-9H,1-3H3,(H,20,21)(H,17,18,19). The molecule has 1 aromatic heterocycles. The van der Waals surface area contributed by atoms with E-state index in [2.05, 4.69) is 20.6 Å². The molecule has 2 rings (SSSR count). The average molecular weight is 288 g/mol. The fraction of sp³-hybridized carbons (Fsp3) is 0.267. The minimum atomic E-state index is -0.411. The van der Waals surface area contributed by atoms with Gasteiger partial charge in [-0.25, -0.2) is 14.4 Å². The number of amides is 1. The first kappa shape index (κ1) is 14.9. The molecule has 5 nitrogen and oxygen atoms in total. The predicted octanol–water partition coefficient (Wildman–Crippen LogP) is 2.89. The molecule has 0 saturated carbocycles. The predicted molar refractivity (Wildman–Crippen MR) is 78.9 cm³/mol. The molecule has 0 fully saturated rings. The van der Waals surface area contributed by atoms with Crippen LogP contribution in [0.4, 0.5) is 16.0 Å². The normalized spacial score (nSPS) is 11.0. The Balaban J connectivity index is 2.18. The molecule has 1 aromatic carbocycles. The van der Waals surface area contributed by atoms with Crippen LogP contribution in [0.2, 0.25) is 0 Å². The van der Waals surface area contributed by atoms with Crippen molar-refractivity contribution in [3.8, 4) is 0 Å². The summed E-state index contributed by atoms with van der Waals surface area (Å²) in [6.45, 7) is 5.64. The number of carbonyl (C=O) groups excluding carboxylic acids is 1. The third-order valence-corrected chi connectivity index (χ3v) is 2.50. The van der Waals surface area contributed by atoms with Gasteiger partial charge < -0.3 is 10.6 Å². The molecule has 0 aliphatic carbocycles. The summed E-state index contributed by atoms with van der Waals surface area (Å²) in [6.07, 6.45) is 1.45. The summed E-state index contributed by atoms with van der Waals surface area (Å²) in [5, 5.41) is 5.56. The van der Waals surface area contributed by atoms with Crippen LogP contribution in [0.3, 0.4) is 0 Å². The summed E-state index contributed by atoms with van der Waals surface area (Å²) in [4.78, 5) is 20.1. The largest absolute Gasteiger partial charge is 0.346 e. The van der Waals surface area contributed by atoms with Gasteiger partial charge in [-0.1, -0.05) is 12.1 Å². The third kappa shape index (κ3) is 4.24. The molecule has 2 aromatic rings. The van der Waals surface area contributed by atoms with Crippen molar-refractivity contribution in [3.05, 3.63) is 48.0 Å². The Bertz CT molecular complexity index is 652. The fourth-order valence-corrected chi connectivity index (χ4v) is 1.63. The molecule has 0 radical (unpaired) electrons. The second-order valence-corrected chi connectivity index (χ2v) is 5.57. The molecule has 0 aliphatic heterocycles. The number of para-hydroxylation sites is 1. The van der Waals surface area contributed by atoms with Crippen LogP contribution in [0.1, 0.15) is 31.3 Å². The van der Waals surface area contributed by atoms with Gasteiger partial charge in [0.1, 0.15) is 11.5 Å². The van der Waals surface area contributed by atoms with Gasteiger partial charge in [0, 0.05) is 11.7 Å². The third-order valence-electron chi connectivity index (χ3n) is 2.50. The highest BCUT2D eigenvalue weighted by Gasteiger charge is 2.16. The zero-order valence-electron chi connectivity index (χ0n) is 12.1. The molecule has 0 atom stereocenters. The highest BCUT2D eigenvalue weighted by Crippen LogP contribution is 2.16. The van der Waals surface area contributed by atoms with Gasteiger partial charge in [0.15, 0.2) is 0 Å². The van der Waals surface area contributed by atoms with E-state index in [0.717, 1.165) is 0 Å². The second kappa shape index (κ2) is 5.87. The average Bonchev–Trinajstić information content (AvgIpc) is 2.40. The maximum Gasteiger partial charge on any atom is 0.270 e. The van der Waals surface area contributed by atoms with E-state index in [9.17, 15) is 9.18 Å². The number of rotatable bonds is 3. The highest BCUT2D eigenvalue weighted by atomic mass is 19.1. The van der Waals surface area contributed by atoms with E-state index in [1.807, 2.05) is 20.8 Å². The summed E-state index contributed by atoms with van der Waals surface area (Å²) in [7, 11) is 0. The number of nitrogens with one attached hydrogen (secondary N) is 2. The van der Waals surface area contributed by atoms with Crippen LogP contribution >= 0.6 is 0 Å². The lowest BCUT2D eigenvalue weighted by Crippen LogP contribution is -2.41. The molecule has 1 amide bonds. The van der Waals surface area contributed by atoms with E-state index in [4.69, 9.17) is 0 Å². The van der Waals surface area contributed by atoms with Crippen LogP contribution in [0, 0.1) is 5.82 Å². The smallest absolute Gasteiger partial charge is 0.270 e. The van der Waals surface area contributed by atoms with Crippen molar-refractivity contribution in [1.82, 2.24) is 15.3 Å². The van der Waals surface area contributed by atoms with E-state index < -0.39 is 5.82 Å². The molecule has 0 aliphatic rings. The maximum absolute atomic E-state index is 13.6. The molecule has 1 heterocycles. The van der Waals surface area contributed by atoms with E-state index in [-0.39, 0.29) is 28.8 Å². The number of carbonyl (C=O) groups is 1. The first-order chi connectivity index (χ1) is 9.85. The zero-order valence-corrected chi connectivity index (χ0v) is 12.1. The molecule has 0 unspecified atom stereocenters. The van der Waals surface area contributed by atoms with E-state index in [0.29, 0.717) is 0 Å². The summed E-state index contributed by atoms with van der Waals surface area (Å²) in [5.41, 5.74) is 0.117. The molecule has 21 heavy (non-hydrogen) atoms. The monoisotopic (exact) mass is 288 g/mol. The first-order valence-electron chi connectivity index (χ1n) is 6.52. The van der Waals surface area contributed by atoms with E-state index in [1.54, 1.807) is 18.2 Å². The van der Waals surface area contributed by atoms with E-state index in [1.165, 1.54) is 18.3 Å². The maximum atomic E-state index is 13.6. The van der Waals surface area contributed by atoms with Gasteiger partial charge in [0.25, 0.3) is 5.91 Å². The van der Waals surface area contributed by atoms with E-state index >= 15 is 0 Å². The zero-order chi connectivity index (χ0) is 15.5. The summed E-state index contributed by atoms with van der Waals surface area (Å²) < 4.78 is 13.6. The minimum Gasteiger partial charge on any atom is -0.346 e.